The molecule has 1 unspecified atom stereocenters. The van der Waals surface area contributed by atoms with Crippen LogP contribution in [0.3, 0.4) is 0 Å². The number of carbonyl (C=O) groups excluding carboxylic acids is 1. The second-order valence-corrected chi connectivity index (χ2v) is 8.40. The number of halogens is 2. The molecule has 30 heavy (non-hydrogen) atoms. The number of aliphatic hydroxyl groups is 1. The molecule has 0 saturated heterocycles. The van der Waals surface area contributed by atoms with Crippen LogP contribution in [0.25, 0.3) is 0 Å². The van der Waals surface area contributed by atoms with E-state index in [1.54, 1.807) is 13.8 Å². The number of fused-ring (bicyclic) bond motifs is 1. The predicted octanol–water partition coefficient (Wildman–Crippen LogP) is 3.25. The van der Waals surface area contributed by atoms with Gasteiger partial charge in [0.25, 0.3) is 5.91 Å². The number of nitrogens with one attached hydrogen (secondary N) is 1. The molecular formula is C22H29ClFN2O4+. The monoisotopic (exact) mass is 439 g/mol. The Morgan fingerprint density at radius 2 is 1.83 bits per heavy atom. The van der Waals surface area contributed by atoms with Crippen LogP contribution in [0, 0.1) is 19.7 Å². The maximum Gasteiger partial charge on any atom is 0.262 e. The van der Waals surface area contributed by atoms with Crippen molar-refractivity contribution in [3.05, 3.63) is 52.3 Å². The van der Waals surface area contributed by atoms with Gasteiger partial charge >= 0.3 is 0 Å². The number of carbonyl (C=O) groups is 1. The SMILES string of the molecule is Cc1cc(CC[N+](C)(C)CC(O)c2cc(O)cc3c2OCC(=O)N3)cc(C)c1F.Cl. The minimum Gasteiger partial charge on any atom is -0.508 e. The lowest BCUT2D eigenvalue weighted by atomic mass is 10.0. The third-order valence-electron chi connectivity index (χ3n) is 5.25. The van der Waals surface area contributed by atoms with Gasteiger partial charge in [-0.2, -0.15) is 0 Å². The fraction of sp³-hybridized carbons (Fsp3) is 0.409. The first-order chi connectivity index (χ1) is 13.6. The number of nitrogens with zero attached hydrogens (tertiary/aromatic N) is 1. The van der Waals surface area contributed by atoms with E-state index in [4.69, 9.17) is 4.74 Å². The Kier molecular flexibility index (Phi) is 7.34. The van der Waals surface area contributed by atoms with E-state index in [0.717, 1.165) is 18.5 Å². The van der Waals surface area contributed by atoms with Crippen molar-refractivity contribution in [2.24, 2.45) is 0 Å². The smallest absolute Gasteiger partial charge is 0.262 e. The van der Waals surface area contributed by atoms with Gasteiger partial charge in [0.15, 0.2) is 6.61 Å². The first kappa shape index (κ1) is 23.9. The Morgan fingerprint density at radius 3 is 2.47 bits per heavy atom. The first-order valence-electron chi connectivity index (χ1n) is 9.61. The second-order valence-electron chi connectivity index (χ2n) is 8.40. The molecule has 0 radical (unpaired) electrons. The zero-order chi connectivity index (χ0) is 21.3. The third-order valence-corrected chi connectivity index (χ3v) is 5.25. The molecule has 2 aromatic rings. The van der Waals surface area contributed by atoms with Gasteiger partial charge in [0, 0.05) is 18.1 Å². The van der Waals surface area contributed by atoms with E-state index in [2.05, 4.69) is 5.32 Å². The van der Waals surface area contributed by atoms with Crippen LogP contribution in [0.5, 0.6) is 11.5 Å². The van der Waals surface area contributed by atoms with Crippen LogP contribution < -0.4 is 10.1 Å². The van der Waals surface area contributed by atoms with Crippen molar-refractivity contribution < 1.29 is 28.6 Å². The number of phenols is 1. The molecule has 8 heteroatoms. The summed E-state index contributed by atoms with van der Waals surface area (Å²) in [7, 11) is 4.01. The van der Waals surface area contributed by atoms with Gasteiger partial charge in [-0.3, -0.25) is 4.79 Å². The standard InChI is InChI=1S/C22H27FN2O4.ClH/c1-13-7-15(8-14(2)21(13)23)5-6-25(3,4)11-19(27)17-9-16(26)10-18-22(17)29-12-20(28)24-18;/h7-10,19,27H,5-6,11-12H2,1-4H3,(H-,24,26,28);1H/p+1. The van der Waals surface area contributed by atoms with Crippen LogP contribution in [-0.4, -0.2) is 54.4 Å². The maximum absolute atomic E-state index is 13.8. The Bertz CT molecular complexity index is 926. The number of hydrogen-bond acceptors (Lipinski definition) is 4. The van der Waals surface area contributed by atoms with Gasteiger partial charge in [0.05, 0.1) is 26.3 Å². The van der Waals surface area contributed by atoms with Crippen LogP contribution in [0.2, 0.25) is 0 Å². The Morgan fingerprint density at radius 1 is 1.20 bits per heavy atom. The van der Waals surface area contributed by atoms with E-state index < -0.39 is 6.10 Å². The highest BCUT2D eigenvalue weighted by atomic mass is 35.5. The number of hydrogen-bond donors (Lipinski definition) is 3. The summed E-state index contributed by atoms with van der Waals surface area (Å²) in [5.74, 6) is -0.130. The molecule has 0 saturated carbocycles. The summed E-state index contributed by atoms with van der Waals surface area (Å²) in [5.41, 5.74) is 3.13. The third kappa shape index (κ3) is 5.41. The van der Waals surface area contributed by atoms with Crippen molar-refractivity contribution in [3.8, 4) is 11.5 Å². The molecule has 0 aromatic heterocycles. The maximum atomic E-state index is 13.8. The fourth-order valence-corrected chi connectivity index (χ4v) is 3.73. The molecule has 0 aliphatic carbocycles. The number of quaternary nitrogens is 1. The minimum atomic E-state index is -0.891. The highest BCUT2D eigenvalue weighted by molar-refractivity contribution is 5.96. The van der Waals surface area contributed by atoms with Gasteiger partial charge < -0.3 is 24.7 Å². The minimum absolute atomic E-state index is 0. The van der Waals surface area contributed by atoms with E-state index in [1.807, 2.05) is 26.2 Å². The summed E-state index contributed by atoms with van der Waals surface area (Å²) in [6.07, 6.45) is -0.149. The highest BCUT2D eigenvalue weighted by Crippen LogP contribution is 2.39. The predicted molar refractivity (Wildman–Crippen MR) is 116 cm³/mol. The van der Waals surface area contributed by atoms with Crippen molar-refractivity contribution in [1.29, 1.82) is 0 Å². The van der Waals surface area contributed by atoms with E-state index in [-0.39, 0.29) is 36.5 Å². The molecule has 0 bridgehead atoms. The summed E-state index contributed by atoms with van der Waals surface area (Å²) >= 11 is 0. The van der Waals surface area contributed by atoms with Crippen LogP contribution in [-0.2, 0) is 11.2 Å². The topological polar surface area (TPSA) is 78.8 Å². The molecule has 6 nitrogen and oxygen atoms in total. The van der Waals surface area contributed by atoms with Crippen LogP contribution >= 0.6 is 12.4 Å². The van der Waals surface area contributed by atoms with Gasteiger partial charge in [-0.15, -0.1) is 12.4 Å². The van der Waals surface area contributed by atoms with E-state index in [1.165, 1.54) is 12.1 Å². The zero-order valence-electron chi connectivity index (χ0n) is 17.7. The molecule has 1 amide bonds. The number of amides is 1. The number of aromatic hydroxyl groups is 1. The fourth-order valence-electron chi connectivity index (χ4n) is 3.73. The Hall–Kier alpha value is -2.35. The molecule has 2 aromatic carbocycles. The lowest BCUT2D eigenvalue weighted by molar-refractivity contribution is -0.893. The Balaban J connectivity index is 0.00000320. The van der Waals surface area contributed by atoms with E-state index in [9.17, 15) is 19.4 Å². The Labute approximate surface area is 182 Å². The average molecular weight is 440 g/mol. The van der Waals surface area contributed by atoms with Gasteiger partial charge in [-0.05, 0) is 36.6 Å². The van der Waals surface area contributed by atoms with Gasteiger partial charge in [0.2, 0.25) is 0 Å². The van der Waals surface area contributed by atoms with Crippen LogP contribution in [0.15, 0.2) is 24.3 Å². The van der Waals surface area contributed by atoms with Crippen molar-refractivity contribution in [1.82, 2.24) is 0 Å². The molecule has 3 rings (SSSR count). The first-order valence-corrected chi connectivity index (χ1v) is 9.61. The lowest BCUT2D eigenvalue weighted by Crippen LogP contribution is -2.44. The summed E-state index contributed by atoms with van der Waals surface area (Å²) in [4.78, 5) is 11.5. The van der Waals surface area contributed by atoms with E-state index in [0.29, 0.717) is 39.2 Å². The van der Waals surface area contributed by atoms with Crippen molar-refractivity contribution in [3.63, 3.8) is 0 Å². The van der Waals surface area contributed by atoms with Gasteiger partial charge in [-0.1, -0.05) is 12.1 Å². The van der Waals surface area contributed by atoms with Crippen molar-refractivity contribution >= 4 is 24.0 Å². The average Bonchev–Trinajstić information content (AvgIpc) is 2.63. The number of phenolic OH excluding ortho intramolecular Hbond substituents is 1. The zero-order valence-corrected chi connectivity index (χ0v) is 18.5. The molecular weight excluding hydrogens is 411 g/mol. The number of aryl methyl sites for hydroxylation is 2. The number of aliphatic hydroxyl groups excluding tert-OH is 1. The molecule has 1 heterocycles. The molecule has 1 atom stereocenters. The number of rotatable bonds is 6. The lowest BCUT2D eigenvalue weighted by Gasteiger charge is -2.33. The normalized spacial score (nSPS) is 14.3. The molecule has 1 aliphatic heterocycles. The van der Waals surface area contributed by atoms with Crippen LogP contribution in [0.1, 0.15) is 28.4 Å². The number of likely N-dealkylation sites (N-methyl/N-ethyl adjacent to an activating group) is 1. The van der Waals surface area contributed by atoms with Gasteiger partial charge in [0.1, 0.15) is 30.0 Å². The largest absolute Gasteiger partial charge is 0.508 e. The molecule has 0 spiro atoms. The molecule has 1 aliphatic rings. The number of benzene rings is 2. The van der Waals surface area contributed by atoms with Crippen molar-refractivity contribution in [2.45, 2.75) is 26.4 Å². The van der Waals surface area contributed by atoms with E-state index >= 15 is 0 Å². The number of anilines is 1. The summed E-state index contributed by atoms with van der Waals surface area (Å²) in [6.45, 7) is 4.52. The van der Waals surface area contributed by atoms with Crippen molar-refractivity contribution in [2.75, 3.05) is 39.1 Å². The molecule has 3 N–H and O–H groups in total. The van der Waals surface area contributed by atoms with Gasteiger partial charge in [-0.25, -0.2) is 4.39 Å². The number of ether oxygens (including phenoxy) is 1. The van der Waals surface area contributed by atoms with Crippen LogP contribution in [0.4, 0.5) is 10.1 Å². The summed E-state index contributed by atoms with van der Waals surface area (Å²) in [6, 6.07) is 6.59. The molecule has 0 fully saturated rings. The summed E-state index contributed by atoms with van der Waals surface area (Å²) in [5, 5.41) is 23.5. The highest BCUT2D eigenvalue weighted by Gasteiger charge is 2.28. The molecule has 164 valence electrons. The quantitative estimate of drug-likeness (QED) is 0.604. The summed E-state index contributed by atoms with van der Waals surface area (Å²) < 4.78 is 19.9. The second kappa shape index (κ2) is 9.20.